The second kappa shape index (κ2) is 6.85. The highest BCUT2D eigenvalue weighted by Crippen LogP contribution is 2.13. The third kappa shape index (κ3) is 2.87. The quantitative estimate of drug-likeness (QED) is 0.488. The fourth-order valence-electron chi connectivity index (χ4n) is 3.39. The van der Waals surface area contributed by atoms with Crippen LogP contribution in [0.5, 0.6) is 0 Å². The minimum absolute atomic E-state index is 0.292. The number of amides is 1. The number of para-hydroxylation sites is 3. The molecule has 0 aliphatic heterocycles. The van der Waals surface area contributed by atoms with Crippen molar-refractivity contribution in [3.05, 3.63) is 106 Å². The molecular weight excluding hydrogens is 382 g/mol. The number of H-pyrrole nitrogens is 1. The average molecular weight is 397 g/mol. The van der Waals surface area contributed by atoms with Gasteiger partial charge >= 0.3 is 5.69 Å². The average Bonchev–Trinajstić information content (AvgIpc) is 3.17. The molecule has 0 radical (unpaired) electrons. The number of imidazole rings is 1. The Morgan fingerprint density at radius 3 is 2.53 bits per heavy atom. The minimum Gasteiger partial charge on any atom is -0.306 e. The van der Waals surface area contributed by atoms with Crippen LogP contribution in [0.2, 0.25) is 0 Å². The minimum atomic E-state index is -0.572. The summed E-state index contributed by atoms with van der Waals surface area (Å²) in [5.74, 6) is -0.395. The maximum atomic E-state index is 12.9. The Labute approximate surface area is 169 Å². The van der Waals surface area contributed by atoms with Crippen LogP contribution in [0.4, 0.5) is 0 Å². The van der Waals surface area contributed by atoms with Gasteiger partial charge in [-0.1, -0.05) is 30.3 Å². The normalized spacial score (nSPS) is 11.1. The standard InChI is InChI=1S/C22H15N5O3/c28-20(25-26-13-23-17-8-4-5-9-19(17)26)14-10-11-16-18(12-14)24-22(30)27(21(16)29)15-6-2-1-3-7-15/h1-13H,(H,24,30)(H,25,28). The van der Waals surface area contributed by atoms with Crippen LogP contribution in [0, 0.1) is 0 Å². The van der Waals surface area contributed by atoms with E-state index in [4.69, 9.17) is 0 Å². The molecule has 0 fully saturated rings. The van der Waals surface area contributed by atoms with E-state index < -0.39 is 17.2 Å². The summed E-state index contributed by atoms with van der Waals surface area (Å²) >= 11 is 0. The van der Waals surface area contributed by atoms with Crippen LogP contribution in [0.25, 0.3) is 27.6 Å². The molecule has 5 rings (SSSR count). The maximum Gasteiger partial charge on any atom is 0.333 e. The molecule has 2 aromatic heterocycles. The number of nitrogens with zero attached hydrogens (tertiary/aromatic N) is 3. The summed E-state index contributed by atoms with van der Waals surface area (Å²) in [6.45, 7) is 0. The van der Waals surface area contributed by atoms with Crippen LogP contribution in [-0.2, 0) is 0 Å². The van der Waals surface area contributed by atoms with E-state index in [1.165, 1.54) is 23.1 Å². The van der Waals surface area contributed by atoms with Gasteiger partial charge in [-0.25, -0.2) is 19.0 Å². The number of nitrogens with one attached hydrogen (secondary N) is 2. The van der Waals surface area contributed by atoms with Gasteiger partial charge in [-0.05, 0) is 42.5 Å². The molecule has 0 saturated heterocycles. The number of carbonyl (C=O) groups excluding carboxylic acids is 1. The smallest absolute Gasteiger partial charge is 0.306 e. The predicted octanol–water partition coefficient (Wildman–Crippen LogP) is 2.41. The van der Waals surface area contributed by atoms with Crippen molar-refractivity contribution >= 4 is 27.8 Å². The molecule has 2 heterocycles. The Bertz CT molecular complexity index is 1530. The van der Waals surface area contributed by atoms with Crippen LogP contribution in [0.1, 0.15) is 10.4 Å². The van der Waals surface area contributed by atoms with E-state index in [0.29, 0.717) is 22.2 Å². The van der Waals surface area contributed by atoms with E-state index in [9.17, 15) is 14.4 Å². The Kier molecular flexibility index (Phi) is 4.03. The maximum absolute atomic E-state index is 12.9. The molecule has 0 unspecified atom stereocenters. The third-order valence-corrected chi connectivity index (χ3v) is 4.85. The van der Waals surface area contributed by atoms with Crippen molar-refractivity contribution in [2.24, 2.45) is 0 Å². The van der Waals surface area contributed by atoms with Crippen molar-refractivity contribution in [1.82, 2.24) is 19.2 Å². The molecule has 8 nitrogen and oxygen atoms in total. The van der Waals surface area contributed by atoms with E-state index >= 15 is 0 Å². The summed E-state index contributed by atoms with van der Waals surface area (Å²) < 4.78 is 2.59. The van der Waals surface area contributed by atoms with Gasteiger partial charge in [0.2, 0.25) is 0 Å². The lowest BCUT2D eigenvalue weighted by Gasteiger charge is -2.09. The number of rotatable bonds is 3. The number of hydrogen-bond acceptors (Lipinski definition) is 4. The van der Waals surface area contributed by atoms with Gasteiger partial charge in [0.1, 0.15) is 6.33 Å². The molecule has 8 heteroatoms. The van der Waals surface area contributed by atoms with Gasteiger partial charge in [-0.3, -0.25) is 15.0 Å². The Morgan fingerprint density at radius 2 is 1.70 bits per heavy atom. The second-order valence-corrected chi connectivity index (χ2v) is 6.71. The van der Waals surface area contributed by atoms with E-state index in [2.05, 4.69) is 15.4 Å². The summed E-state index contributed by atoms with van der Waals surface area (Å²) in [5.41, 5.74) is 4.30. The van der Waals surface area contributed by atoms with Crippen molar-refractivity contribution in [2.45, 2.75) is 0 Å². The summed E-state index contributed by atoms with van der Waals surface area (Å²) in [7, 11) is 0. The highest BCUT2D eigenvalue weighted by atomic mass is 16.2. The van der Waals surface area contributed by atoms with Gasteiger partial charge in [0.15, 0.2) is 0 Å². The van der Waals surface area contributed by atoms with Crippen molar-refractivity contribution in [2.75, 3.05) is 5.43 Å². The lowest BCUT2D eigenvalue weighted by atomic mass is 10.1. The first-order valence-corrected chi connectivity index (χ1v) is 9.20. The molecule has 0 aliphatic rings. The highest BCUT2D eigenvalue weighted by Gasteiger charge is 2.13. The number of fused-ring (bicyclic) bond motifs is 2. The van der Waals surface area contributed by atoms with Crippen molar-refractivity contribution < 1.29 is 4.79 Å². The number of hydrogen-bond donors (Lipinski definition) is 2. The molecule has 1 amide bonds. The van der Waals surface area contributed by atoms with E-state index in [1.54, 1.807) is 36.4 Å². The monoisotopic (exact) mass is 397 g/mol. The van der Waals surface area contributed by atoms with Gasteiger partial charge in [0.05, 0.1) is 27.6 Å². The van der Waals surface area contributed by atoms with Crippen LogP contribution in [0.3, 0.4) is 0 Å². The number of carbonyl (C=O) groups is 1. The summed E-state index contributed by atoms with van der Waals surface area (Å²) in [4.78, 5) is 45.0. The van der Waals surface area contributed by atoms with Crippen LogP contribution >= 0.6 is 0 Å². The van der Waals surface area contributed by atoms with Gasteiger partial charge in [0, 0.05) is 5.56 Å². The molecule has 146 valence electrons. The first-order valence-electron chi connectivity index (χ1n) is 9.20. The summed E-state index contributed by atoms with van der Waals surface area (Å²) in [6, 6.07) is 20.6. The number of aromatic nitrogens is 4. The van der Waals surface area contributed by atoms with Gasteiger partial charge in [-0.2, -0.15) is 0 Å². The van der Waals surface area contributed by atoms with E-state index in [-0.39, 0.29) is 0 Å². The van der Waals surface area contributed by atoms with Crippen molar-refractivity contribution in [3.8, 4) is 5.69 Å². The molecule has 0 spiro atoms. The zero-order valence-electron chi connectivity index (χ0n) is 15.6. The van der Waals surface area contributed by atoms with Gasteiger partial charge in [0.25, 0.3) is 11.5 Å². The number of aromatic amines is 1. The topological polar surface area (TPSA) is 102 Å². The fourth-order valence-corrected chi connectivity index (χ4v) is 3.39. The first-order chi connectivity index (χ1) is 14.6. The highest BCUT2D eigenvalue weighted by molar-refractivity contribution is 6.03. The molecule has 2 N–H and O–H groups in total. The molecule has 0 saturated carbocycles. The first kappa shape index (κ1) is 17.6. The largest absolute Gasteiger partial charge is 0.333 e. The number of benzene rings is 3. The Morgan fingerprint density at radius 1 is 0.933 bits per heavy atom. The Balaban J connectivity index is 1.54. The van der Waals surface area contributed by atoms with Gasteiger partial charge < -0.3 is 4.98 Å². The second-order valence-electron chi connectivity index (χ2n) is 6.71. The molecule has 0 bridgehead atoms. The van der Waals surface area contributed by atoms with Crippen LogP contribution < -0.4 is 16.7 Å². The SMILES string of the molecule is O=C(Nn1cnc2ccccc21)c1ccc2c(=O)n(-c3ccccc3)c(=O)[nH]c2c1. The lowest BCUT2D eigenvalue weighted by Crippen LogP contribution is -2.33. The van der Waals surface area contributed by atoms with Crippen molar-refractivity contribution in [1.29, 1.82) is 0 Å². The predicted molar refractivity (Wildman–Crippen MR) is 114 cm³/mol. The van der Waals surface area contributed by atoms with E-state index in [0.717, 1.165) is 15.6 Å². The van der Waals surface area contributed by atoms with Crippen molar-refractivity contribution in [3.63, 3.8) is 0 Å². The molecule has 30 heavy (non-hydrogen) atoms. The summed E-state index contributed by atoms with van der Waals surface area (Å²) in [5, 5.41) is 0.308. The van der Waals surface area contributed by atoms with E-state index in [1.807, 2.05) is 24.3 Å². The lowest BCUT2D eigenvalue weighted by molar-refractivity contribution is 0.101. The molecule has 0 atom stereocenters. The summed E-state index contributed by atoms with van der Waals surface area (Å²) in [6.07, 6.45) is 1.52. The third-order valence-electron chi connectivity index (χ3n) is 4.85. The molecular formula is C22H15N5O3. The molecule has 0 aliphatic carbocycles. The molecule has 3 aromatic carbocycles. The van der Waals surface area contributed by atoms with Gasteiger partial charge in [-0.15, -0.1) is 0 Å². The molecule has 5 aromatic rings. The van der Waals surface area contributed by atoms with Crippen LogP contribution in [0.15, 0.2) is 88.7 Å². The van der Waals surface area contributed by atoms with Crippen LogP contribution in [-0.4, -0.2) is 25.1 Å². The fraction of sp³-hybridized carbons (Fsp3) is 0. The zero-order valence-corrected chi connectivity index (χ0v) is 15.6. The Hall–Kier alpha value is -4.46. The zero-order chi connectivity index (χ0) is 20.7.